The summed E-state index contributed by atoms with van der Waals surface area (Å²) in [4.78, 5) is 0. The molecule has 0 N–H and O–H groups in total. The normalized spacial score (nSPS) is 14.9. The molecule has 2 aromatic rings. The van der Waals surface area contributed by atoms with Gasteiger partial charge in [-0.15, -0.1) is 11.6 Å². The maximum Gasteiger partial charge on any atom is 0.162 e. The van der Waals surface area contributed by atoms with Crippen LogP contribution in [0.25, 0.3) is 0 Å². The minimum Gasteiger partial charge on any atom is -0.486 e. The van der Waals surface area contributed by atoms with Gasteiger partial charge in [0.2, 0.25) is 0 Å². The smallest absolute Gasteiger partial charge is 0.162 e. The summed E-state index contributed by atoms with van der Waals surface area (Å²) < 4.78 is 11.1. The Morgan fingerprint density at radius 2 is 1.65 bits per heavy atom. The van der Waals surface area contributed by atoms with Gasteiger partial charge in [0.15, 0.2) is 11.5 Å². The van der Waals surface area contributed by atoms with Gasteiger partial charge in [0.25, 0.3) is 0 Å². The fourth-order valence-electron chi connectivity index (χ4n) is 2.25. The van der Waals surface area contributed by atoms with Crippen LogP contribution in [0, 0.1) is 0 Å². The van der Waals surface area contributed by atoms with E-state index in [1.165, 1.54) is 5.56 Å². The van der Waals surface area contributed by atoms with Crippen molar-refractivity contribution in [1.29, 1.82) is 0 Å². The molecule has 0 aliphatic carbocycles. The number of hydrogen-bond acceptors (Lipinski definition) is 2. The van der Waals surface area contributed by atoms with Gasteiger partial charge in [0.05, 0.1) is 5.38 Å². The first-order chi connectivity index (χ1) is 9.74. The van der Waals surface area contributed by atoms with Crippen LogP contribution in [0.15, 0.2) is 42.5 Å². The quantitative estimate of drug-likeness (QED) is 0.769. The van der Waals surface area contributed by atoms with Gasteiger partial charge in [-0.1, -0.05) is 41.9 Å². The predicted molar refractivity (Wildman–Crippen MR) is 81.2 cm³/mol. The average Bonchev–Trinajstić information content (AvgIpc) is 2.47. The number of halogens is 2. The van der Waals surface area contributed by atoms with Gasteiger partial charge in [0.1, 0.15) is 13.2 Å². The minimum atomic E-state index is -0.194. The molecule has 2 aromatic carbocycles. The van der Waals surface area contributed by atoms with Gasteiger partial charge in [-0.2, -0.15) is 0 Å². The van der Waals surface area contributed by atoms with Crippen molar-refractivity contribution in [3.8, 4) is 11.5 Å². The van der Waals surface area contributed by atoms with Crippen molar-refractivity contribution in [3.63, 3.8) is 0 Å². The molecule has 0 aromatic heterocycles. The highest BCUT2D eigenvalue weighted by molar-refractivity contribution is 6.33. The third-order valence-corrected chi connectivity index (χ3v) is 3.97. The molecule has 1 unspecified atom stereocenters. The van der Waals surface area contributed by atoms with Crippen molar-refractivity contribution < 1.29 is 9.47 Å². The summed E-state index contributed by atoms with van der Waals surface area (Å²) in [6.45, 7) is 1.11. The van der Waals surface area contributed by atoms with E-state index in [0.29, 0.717) is 24.0 Å². The van der Waals surface area contributed by atoms with E-state index in [4.69, 9.17) is 32.7 Å². The maximum absolute atomic E-state index is 6.51. The van der Waals surface area contributed by atoms with Crippen molar-refractivity contribution in [2.24, 2.45) is 0 Å². The molecule has 1 heterocycles. The molecule has 1 atom stereocenters. The lowest BCUT2D eigenvalue weighted by Crippen LogP contribution is -2.15. The molecule has 104 valence electrons. The molecule has 2 nitrogen and oxygen atoms in total. The maximum atomic E-state index is 6.51. The second-order valence-electron chi connectivity index (χ2n) is 4.67. The van der Waals surface area contributed by atoms with Crippen molar-refractivity contribution in [2.45, 2.75) is 11.8 Å². The van der Waals surface area contributed by atoms with Crippen molar-refractivity contribution in [1.82, 2.24) is 0 Å². The number of fused-ring (bicyclic) bond motifs is 1. The van der Waals surface area contributed by atoms with Crippen molar-refractivity contribution in [2.75, 3.05) is 13.2 Å². The highest BCUT2D eigenvalue weighted by atomic mass is 35.5. The zero-order chi connectivity index (χ0) is 13.9. The monoisotopic (exact) mass is 308 g/mol. The van der Waals surface area contributed by atoms with Gasteiger partial charge in [-0.05, 0) is 23.6 Å². The molecule has 0 amide bonds. The molecule has 0 saturated carbocycles. The minimum absolute atomic E-state index is 0.194. The highest BCUT2D eigenvalue weighted by Gasteiger charge is 2.19. The average molecular weight is 309 g/mol. The molecule has 0 bridgehead atoms. The van der Waals surface area contributed by atoms with Crippen LogP contribution < -0.4 is 9.47 Å². The van der Waals surface area contributed by atoms with Crippen molar-refractivity contribution in [3.05, 3.63) is 58.6 Å². The molecular formula is C16H14Cl2O2. The molecule has 0 fully saturated rings. The van der Waals surface area contributed by atoms with Crippen LogP contribution in [0.2, 0.25) is 5.02 Å². The molecule has 0 radical (unpaired) electrons. The number of ether oxygens (including phenoxy) is 2. The molecule has 1 aliphatic heterocycles. The molecule has 4 heteroatoms. The Bertz CT molecular complexity index is 599. The lowest BCUT2D eigenvalue weighted by Gasteiger charge is -2.21. The summed E-state index contributed by atoms with van der Waals surface area (Å²) in [6.07, 6.45) is 0.724. The van der Waals surface area contributed by atoms with Crippen LogP contribution in [0.5, 0.6) is 11.5 Å². The largest absolute Gasteiger partial charge is 0.486 e. The summed E-state index contributed by atoms with van der Waals surface area (Å²) in [7, 11) is 0. The summed E-state index contributed by atoms with van der Waals surface area (Å²) >= 11 is 12.8. The van der Waals surface area contributed by atoms with E-state index in [2.05, 4.69) is 12.1 Å². The van der Waals surface area contributed by atoms with Gasteiger partial charge < -0.3 is 9.47 Å². The Labute approximate surface area is 128 Å². The lowest BCUT2D eigenvalue weighted by atomic mass is 10.0. The molecular weight excluding hydrogens is 295 g/mol. The Morgan fingerprint density at radius 3 is 2.35 bits per heavy atom. The van der Waals surface area contributed by atoms with Crippen LogP contribution >= 0.6 is 23.2 Å². The van der Waals surface area contributed by atoms with Gasteiger partial charge in [-0.3, -0.25) is 0 Å². The van der Waals surface area contributed by atoms with Gasteiger partial charge in [0, 0.05) is 11.1 Å². The summed E-state index contributed by atoms with van der Waals surface area (Å²) in [5.41, 5.74) is 2.06. The number of alkyl halides is 1. The first kappa shape index (κ1) is 13.6. The van der Waals surface area contributed by atoms with Crippen LogP contribution in [0.1, 0.15) is 16.5 Å². The zero-order valence-electron chi connectivity index (χ0n) is 10.8. The molecule has 1 aliphatic rings. The lowest BCUT2D eigenvalue weighted by molar-refractivity contribution is 0.171. The van der Waals surface area contributed by atoms with Crippen LogP contribution in [0.4, 0.5) is 0 Å². The Morgan fingerprint density at radius 1 is 1.00 bits per heavy atom. The van der Waals surface area contributed by atoms with E-state index in [1.54, 1.807) is 6.07 Å². The van der Waals surface area contributed by atoms with E-state index < -0.39 is 0 Å². The third-order valence-electron chi connectivity index (χ3n) is 3.26. The topological polar surface area (TPSA) is 18.5 Å². The van der Waals surface area contributed by atoms with Crippen LogP contribution in [-0.2, 0) is 6.42 Å². The van der Waals surface area contributed by atoms with E-state index in [-0.39, 0.29) is 5.38 Å². The van der Waals surface area contributed by atoms with Crippen molar-refractivity contribution >= 4 is 23.2 Å². The summed E-state index contributed by atoms with van der Waals surface area (Å²) in [6, 6.07) is 13.8. The summed E-state index contributed by atoms with van der Waals surface area (Å²) in [5.74, 6) is 1.41. The van der Waals surface area contributed by atoms with E-state index in [1.807, 2.05) is 24.3 Å². The van der Waals surface area contributed by atoms with E-state index >= 15 is 0 Å². The molecule has 0 spiro atoms. The molecule has 3 rings (SSSR count). The fourth-order valence-corrected chi connectivity index (χ4v) is 2.95. The van der Waals surface area contributed by atoms with Crippen LogP contribution in [0.3, 0.4) is 0 Å². The highest BCUT2D eigenvalue weighted by Crippen LogP contribution is 2.40. The Hall–Kier alpha value is -1.38. The third kappa shape index (κ3) is 2.87. The summed E-state index contributed by atoms with van der Waals surface area (Å²) in [5, 5.41) is 0.422. The first-order valence-electron chi connectivity index (χ1n) is 6.51. The predicted octanol–water partition coefficient (Wildman–Crippen LogP) is 4.63. The SMILES string of the molecule is Clc1cc2c(cc1C(Cl)Cc1ccccc1)OCCO2. The van der Waals surface area contributed by atoms with Crippen LogP contribution in [-0.4, -0.2) is 13.2 Å². The Kier molecular flexibility index (Phi) is 4.04. The van der Waals surface area contributed by atoms with Gasteiger partial charge >= 0.3 is 0 Å². The number of rotatable bonds is 3. The second-order valence-corrected chi connectivity index (χ2v) is 5.61. The van der Waals surface area contributed by atoms with E-state index in [9.17, 15) is 0 Å². The standard InChI is InChI=1S/C16H14Cl2O2/c17-13(8-11-4-2-1-3-5-11)12-9-15-16(10-14(12)18)20-7-6-19-15/h1-5,9-10,13H,6-8H2. The number of benzene rings is 2. The second kappa shape index (κ2) is 5.94. The molecule has 20 heavy (non-hydrogen) atoms. The van der Waals surface area contributed by atoms with Gasteiger partial charge in [-0.25, -0.2) is 0 Å². The molecule has 0 saturated heterocycles. The number of hydrogen-bond donors (Lipinski definition) is 0. The van der Waals surface area contributed by atoms with E-state index in [0.717, 1.165) is 17.7 Å². The Balaban J connectivity index is 1.86. The first-order valence-corrected chi connectivity index (χ1v) is 7.32. The zero-order valence-corrected chi connectivity index (χ0v) is 12.3. The fraction of sp³-hybridized carbons (Fsp3) is 0.250.